The average Bonchev–Trinajstić information content (AvgIpc) is 2.85. The first kappa shape index (κ1) is 11.5. The van der Waals surface area contributed by atoms with Crippen LogP contribution in [0.5, 0.6) is 0 Å². The monoisotopic (exact) mass is 256 g/mol. The molecule has 0 aliphatic carbocycles. The summed E-state index contributed by atoms with van der Waals surface area (Å²) in [6.45, 7) is 0.413. The van der Waals surface area contributed by atoms with Crippen molar-refractivity contribution in [2.24, 2.45) is 0 Å². The van der Waals surface area contributed by atoms with Gasteiger partial charge in [0.25, 0.3) is 7.37 Å². The zero-order chi connectivity index (χ0) is 12.4. The molecular weight excluding hydrogens is 243 g/mol. The highest BCUT2D eigenvalue weighted by atomic mass is 31.2. The van der Waals surface area contributed by atoms with Gasteiger partial charge in [0.1, 0.15) is 0 Å². The van der Waals surface area contributed by atoms with Crippen LogP contribution in [0.1, 0.15) is 5.56 Å². The molecule has 0 spiro atoms. The summed E-state index contributed by atoms with van der Waals surface area (Å²) in [7, 11) is -2.81. The van der Waals surface area contributed by atoms with Gasteiger partial charge in [0.05, 0.1) is 6.61 Å². The maximum absolute atomic E-state index is 12.7. The lowest BCUT2D eigenvalue weighted by Gasteiger charge is -2.08. The zero-order valence-electron chi connectivity index (χ0n) is 9.82. The van der Waals surface area contributed by atoms with E-state index in [1.807, 2.05) is 60.7 Å². The van der Waals surface area contributed by atoms with Crippen molar-refractivity contribution in [3.8, 4) is 0 Å². The van der Waals surface area contributed by atoms with Gasteiger partial charge in [-0.3, -0.25) is 4.57 Å². The predicted octanol–water partition coefficient (Wildman–Crippen LogP) is 3.66. The van der Waals surface area contributed by atoms with E-state index in [2.05, 4.69) is 0 Å². The number of benzene rings is 2. The molecule has 1 aliphatic rings. The Hall–Kier alpha value is -1.63. The van der Waals surface area contributed by atoms with Crippen molar-refractivity contribution in [1.82, 2.24) is 0 Å². The first-order chi connectivity index (χ1) is 8.78. The highest BCUT2D eigenvalue weighted by Crippen LogP contribution is 2.54. The van der Waals surface area contributed by atoms with Crippen LogP contribution >= 0.6 is 7.37 Å². The quantitative estimate of drug-likeness (QED) is 0.766. The molecule has 0 bridgehead atoms. The summed E-state index contributed by atoms with van der Waals surface area (Å²) in [5.74, 6) is 1.79. The molecule has 1 atom stereocenters. The van der Waals surface area contributed by atoms with Crippen molar-refractivity contribution in [3.63, 3.8) is 0 Å². The highest BCUT2D eigenvalue weighted by molar-refractivity contribution is 7.70. The second-order valence-corrected chi connectivity index (χ2v) is 6.45. The lowest BCUT2D eigenvalue weighted by atomic mass is 10.1. The van der Waals surface area contributed by atoms with Gasteiger partial charge in [0.15, 0.2) is 0 Å². The Kier molecular flexibility index (Phi) is 2.91. The molecule has 0 aromatic heterocycles. The highest BCUT2D eigenvalue weighted by Gasteiger charge is 2.30. The summed E-state index contributed by atoms with van der Waals surface area (Å²) in [6.07, 6.45) is 0. The van der Waals surface area contributed by atoms with Crippen molar-refractivity contribution in [2.45, 2.75) is 0 Å². The van der Waals surface area contributed by atoms with Gasteiger partial charge in [-0.2, -0.15) is 0 Å². The molecule has 18 heavy (non-hydrogen) atoms. The molecule has 3 rings (SSSR count). The fourth-order valence-electron chi connectivity index (χ4n) is 2.04. The van der Waals surface area contributed by atoms with Gasteiger partial charge in [-0.1, -0.05) is 48.5 Å². The minimum absolute atomic E-state index is 0.413. The second kappa shape index (κ2) is 4.56. The van der Waals surface area contributed by atoms with Crippen LogP contribution in [-0.4, -0.2) is 6.61 Å². The Labute approximate surface area is 106 Å². The van der Waals surface area contributed by atoms with E-state index in [4.69, 9.17) is 4.52 Å². The van der Waals surface area contributed by atoms with Gasteiger partial charge in [-0.05, 0) is 23.3 Å². The van der Waals surface area contributed by atoms with Crippen LogP contribution in [-0.2, 0) is 9.09 Å². The van der Waals surface area contributed by atoms with Crippen LogP contribution in [0.15, 0.2) is 66.5 Å². The lowest BCUT2D eigenvalue weighted by molar-refractivity contribution is 0.383. The van der Waals surface area contributed by atoms with Gasteiger partial charge in [0.2, 0.25) is 0 Å². The third-order valence-electron chi connectivity index (χ3n) is 3.00. The number of hydrogen-bond donors (Lipinski definition) is 0. The van der Waals surface area contributed by atoms with Gasteiger partial charge in [0, 0.05) is 11.1 Å². The number of rotatable bonds is 2. The fourth-order valence-corrected chi connectivity index (χ4v) is 3.97. The average molecular weight is 256 g/mol. The first-order valence-electron chi connectivity index (χ1n) is 5.85. The fraction of sp³-hybridized carbons (Fsp3) is 0.0667. The molecule has 3 heteroatoms. The standard InChI is InChI=1S/C15H13O2P/c16-18(15-9-5-2-6-10-15)12-14(11-17-18)13-7-3-1-4-8-13/h1-10,12H,11H2. The van der Waals surface area contributed by atoms with E-state index in [9.17, 15) is 4.57 Å². The molecule has 2 aromatic rings. The second-order valence-electron chi connectivity index (χ2n) is 4.23. The predicted molar refractivity (Wildman–Crippen MR) is 74.1 cm³/mol. The van der Waals surface area contributed by atoms with Gasteiger partial charge in [-0.25, -0.2) is 0 Å². The normalized spacial score (nSPS) is 22.8. The number of hydrogen-bond acceptors (Lipinski definition) is 2. The first-order valence-corrected chi connectivity index (χ1v) is 7.54. The minimum atomic E-state index is -2.81. The van der Waals surface area contributed by atoms with Crippen LogP contribution in [0.3, 0.4) is 0 Å². The third-order valence-corrected chi connectivity index (χ3v) is 5.18. The van der Waals surface area contributed by atoms with Crippen molar-refractivity contribution < 1.29 is 9.09 Å². The van der Waals surface area contributed by atoms with Crippen LogP contribution in [0.2, 0.25) is 0 Å². The van der Waals surface area contributed by atoms with Crippen molar-refractivity contribution in [1.29, 1.82) is 0 Å². The van der Waals surface area contributed by atoms with Gasteiger partial charge in [-0.15, -0.1) is 0 Å². The SMILES string of the molecule is O=P1(c2ccccc2)C=C(c2ccccc2)CO1. The molecule has 0 amide bonds. The largest absolute Gasteiger partial charge is 0.318 e. The van der Waals surface area contributed by atoms with Gasteiger partial charge < -0.3 is 4.52 Å². The Morgan fingerprint density at radius 3 is 2.17 bits per heavy atom. The van der Waals surface area contributed by atoms with Crippen LogP contribution in [0.25, 0.3) is 5.57 Å². The topological polar surface area (TPSA) is 26.3 Å². The summed E-state index contributed by atoms with van der Waals surface area (Å²) in [5.41, 5.74) is 2.08. The Bertz CT molecular complexity index is 617. The van der Waals surface area contributed by atoms with E-state index in [1.165, 1.54) is 0 Å². The van der Waals surface area contributed by atoms with Crippen molar-refractivity contribution in [2.75, 3.05) is 6.61 Å². The minimum Gasteiger partial charge on any atom is -0.318 e. The van der Waals surface area contributed by atoms with Crippen molar-refractivity contribution >= 4 is 18.2 Å². The van der Waals surface area contributed by atoms with Crippen LogP contribution in [0.4, 0.5) is 0 Å². The van der Waals surface area contributed by atoms with E-state index in [1.54, 1.807) is 5.82 Å². The molecule has 0 saturated carbocycles. The summed E-state index contributed by atoms with van der Waals surface area (Å²) in [5, 5.41) is 0.760. The molecular formula is C15H13O2P. The summed E-state index contributed by atoms with van der Waals surface area (Å²) >= 11 is 0. The Morgan fingerprint density at radius 1 is 0.889 bits per heavy atom. The molecule has 0 fully saturated rings. The molecule has 0 saturated heterocycles. The Balaban J connectivity index is 1.99. The molecule has 0 radical (unpaired) electrons. The third kappa shape index (κ3) is 2.05. The molecule has 2 nitrogen and oxygen atoms in total. The summed E-state index contributed by atoms with van der Waals surface area (Å²) < 4.78 is 18.3. The Morgan fingerprint density at radius 2 is 1.50 bits per heavy atom. The smallest absolute Gasteiger partial charge is 0.254 e. The van der Waals surface area contributed by atoms with E-state index >= 15 is 0 Å². The molecule has 0 N–H and O–H groups in total. The molecule has 2 aromatic carbocycles. The summed E-state index contributed by atoms with van der Waals surface area (Å²) in [4.78, 5) is 0. The van der Waals surface area contributed by atoms with E-state index < -0.39 is 7.37 Å². The van der Waals surface area contributed by atoms with E-state index in [0.717, 1.165) is 16.4 Å². The molecule has 1 unspecified atom stereocenters. The van der Waals surface area contributed by atoms with Crippen molar-refractivity contribution in [3.05, 3.63) is 72.0 Å². The molecule has 90 valence electrons. The van der Waals surface area contributed by atoms with Gasteiger partial charge >= 0.3 is 0 Å². The van der Waals surface area contributed by atoms with Crippen LogP contribution < -0.4 is 5.30 Å². The zero-order valence-corrected chi connectivity index (χ0v) is 10.7. The van der Waals surface area contributed by atoms with E-state index in [-0.39, 0.29) is 0 Å². The lowest BCUT2D eigenvalue weighted by Crippen LogP contribution is -2.01. The molecule has 1 aliphatic heterocycles. The maximum Gasteiger partial charge on any atom is 0.254 e. The maximum atomic E-state index is 12.7. The van der Waals surface area contributed by atoms with E-state index in [0.29, 0.717) is 6.61 Å². The molecule has 1 heterocycles. The van der Waals surface area contributed by atoms with Crippen LogP contribution in [0, 0.1) is 0 Å². The summed E-state index contributed by atoms with van der Waals surface area (Å²) in [6, 6.07) is 19.3.